The molecular weight excluding hydrogens is 214 g/mol. The number of nitrogens with one attached hydrogen (secondary N) is 1. The van der Waals surface area contributed by atoms with Crippen molar-refractivity contribution in [1.82, 2.24) is 4.90 Å². The molecule has 0 aliphatic carbocycles. The Morgan fingerprint density at radius 3 is 2.71 bits per heavy atom. The van der Waals surface area contributed by atoms with Gasteiger partial charge in [-0.2, -0.15) is 5.26 Å². The Bertz CT molecular complexity index is 435. The van der Waals surface area contributed by atoms with Crippen LogP contribution in [0.1, 0.15) is 19.4 Å². The van der Waals surface area contributed by atoms with E-state index in [-0.39, 0.29) is 18.5 Å². The second-order valence-corrected chi connectivity index (χ2v) is 4.11. The fourth-order valence-corrected chi connectivity index (χ4v) is 1.32. The summed E-state index contributed by atoms with van der Waals surface area (Å²) in [6.45, 7) is 4.12. The predicted octanol–water partition coefficient (Wildman–Crippen LogP) is 1.84. The molecule has 0 bridgehead atoms. The summed E-state index contributed by atoms with van der Waals surface area (Å²) in [7, 11) is 1.77. The molecule has 1 aromatic carbocycles. The van der Waals surface area contributed by atoms with Crippen LogP contribution < -0.4 is 5.32 Å². The highest BCUT2D eigenvalue weighted by Crippen LogP contribution is 2.13. The van der Waals surface area contributed by atoms with Gasteiger partial charge in [0.25, 0.3) is 0 Å². The van der Waals surface area contributed by atoms with Crippen LogP contribution in [-0.2, 0) is 4.79 Å². The molecule has 4 heteroatoms. The standard InChI is InChI=1S/C13H17N3O/c1-10(2)16(3)13(17)9-15-12-7-5-4-6-11(12)8-14/h4-7,10,15H,9H2,1-3H3. The zero-order valence-corrected chi connectivity index (χ0v) is 10.4. The third kappa shape index (κ3) is 3.49. The average molecular weight is 231 g/mol. The van der Waals surface area contributed by atoms with Crippen molar-refractivity contribution < 1.29 is 4.79 Å². The summed E-state index contributed by atoms with van der Waals surface area (Å²) >= 11 is 0. The molecule has 0 saturated heterocycles. The SMILES string of the molecule is CC(C)N(C)C(=O)CNc1ccccc1C#N. The molecule has 90 valence electrons. The lowest BCUT2D eigenvalue weighted by Gasteiger charge is -2.21. The van der Waals surface area contributed by atoms with Crippen LogP contribution in [0.4, 0.5) is 5.69 Å². The molecule has 4 nitrogen and oxygen atoms in total. The lowest BCUT2D eigenvalue weighted by Crippen LogP contribution is -2.37. The summed E-state index contributed by atoms with van der Waals surface area (Å²) < 4.78 is 0. The molecule has 0 aromatic heterocycles. The second kappa shape index (κ2) is 5.90. The normalized spacial score (nSPS) is 9.82. The molecule has 1 rings (SSSR count). The number of nitrogens with zero attached hydrogens (tertiary/aromatic N) is 2. The number of anilines is 1. The molecule has 0 unspecified atom stereocenters. The number of para-hydroxylation sites is 1. The van der Waals surface area contributed by atoms with E-state index in [0.29, 0.717) is 11.3 Å². The average Bonchev–Trinajstić information content (AvgIpc) is 2.35. The Labute approximate surface area is 102 Å². The summed E-state index contributed by atoms with van der Waals surface area (Å²) in [6.07, 6.45) is 0. The van der Waals surface area contributed by atoms with Gasteiger partial charge in [-0.25, -0.2) is 0 Å². The van der Waals surface area contributed by atoms with Crippen LogP contribution >= 0.6 is 0 Å². The topological polar surface area (TPSA) is 56.1 Å². The minimum atomic E-state index is 0.00717. The highest BCUT2D eigenvalue weighted by atomic mass is 16.2. The summed E-state index contributed by atoms with van der Waals surface area (Å²) in [5.74, 6) is 0.00717. The Morgan fingerprint density at radius 2 is 2.12 bits per heavy atom. The molecule has 0 spiro atoms. The molecular formula is C13H17N3O. The molecule has 0 radical (unpaired) electrons. The van der Waals surface area contributed by atoms with E-state index in [2.05, 4.69) is 11.4 Å². The van der Waals surface area contributed by atoms with E-state index in [1.54, 1.807) is 30.1 Å². The van der Waals surface area contributed by atoms with Crippen molar-refractivity contribution in [2.24, 2.45) is 0 Å². The largest absolute Gasteiger partial charge is 0.375 e. The molecule has 1 amide bonds. The molecule has 17 heavy (non-hydrogen) atoms. The highest BCUT2D eigenvalue weighted by Gasteiger charge is 2.11. The minimum Gasteiger partial charge on any atom is -0.375 e. The number of likely N-dealkylation sites (N-methyl/N-ethyl adjacent to an activating group) is 1. The number of hydrogen-bond donors (Lipinski definition) is 1. The smallest absolute Gasteiger partial charge is 0.241 e. The fraction of sp³-hybridized carbons (Fsp3) is 0.385. The summed E-state index contributed by atoms with van der Waals surface area (Å²) in [6, 6.07) is 9.40. The zero-order valence-electron chi connectivity index (χ0n) is 10.4. The van der Waals surface area contributed by atoms with Crippen LogP contribution in [0, 0.1) is 11.3 Å². The van der Waals surface area contributed by atoms with Crippen LogP contribution in [0.3, 0.4) is 0 Å². The van der Waals surface area contributed by atoms with E-state index in [4.69, 9.17) is 5.26 Å². The maximum atomic E-state index is 11.7. The highest BCUT2D eigenvalue weighted by molar-refractivity contribution is 5.81. The lowest BCUT2D eigenvalue weighted by molar-refractivity contribution is -0.129. The van der Waals surface area contributed by atoms with Gasteiger partial charge in [0, 0.05) is 13.1 Å². The van der Waals surface area contributed by atoms with E-state index in [9.17, 15) is 4.79 Å². The van der Waals surface area contributed by atoms with Crippen molar-refractivity contribution in [2.45, 2.75) is 19.9 Å². The maximum Gasteiger partial charge on any atom is 0.241 e. The quantitative estimate of drug-likeness (QED) is 0.860. The minimum absolute atomic E-state index is 0.00717. The van der Waals surface area contributed by atoms with Crippen molar-refractivity contribution in [1.29, 1.82) is 5.26 Å². The van der Waals surface area contributed by atoms with Crippen molar-refractivity contribution in [3.63, 3.8) is 0 Å². The zero-order chi connectivity index (χ0) is 12.8. The van der Waals surface area contributed by atoms with Gasteiger partial charge in [-0.05, 0) is 26.0 Å². The first-order valence-electron chi connectivity index (χ1n) is 5.55. The Morgan fingerprint density at radius 1 is 1.47 bits per heavy atom. The number of rotatable bonds is 4. The molecule has 1 N–H and O–H groups in total. The van der Waals surface area contributed by atoms with Crippen LogP contribution in [-0.4, -0.2) is 30.4 Å². The predicted molar refractivity (Wildman–Crippen MR) is 67.6 cm³/mol. The van der Waals surface area contributed by atoms with Gasteiger partial charge in [0.1, 0.15) is 6.07 Å². The van der Waals surface area contributed by atoms with Gasteiger partial charge in [-0.3, -0.25) is 4.79 Å². The Hall–Kier alpha value is -2.02. The summed E-state index contributed by atoms with van der Waals surface area (Å²) in [4.78, 5) is 13.4. The van der Waals surface area contributed by atoms with Crippen molar-refractivity contribution in [3.8, 4) is 6.07 Å². The number of hydrogen-bond acceptors (Lipinski definition) is 3. The van der Waals surface area contributed by atoms with Crippen molar-refractivity contribution in [2.75, 3.05) is 18.9 Å². The van der Waals surface area contributed by atoms with Gasteiger partial charge < -0.3 is 10.2 Å². The van der Waals surface area contributed by atoms with E-state index in [1.165, 1.54) is 0 Å². The number of benzene rings is 1. The third-order valence-corrected chi connectivity index (χ3v) is 2.65. The first kappa shape index (κ1) is 13.0. The van der Waals surface area contributed by atoms with Gasteiger partial charge >= 0.3 is 0 Å². The van der Waals surface area contributed by atoms with E-state index < -0.39 is 0 Å². The molecule has 0 aliphatic rings. The number of carbonyl (C=O) groups excluding carboxylic acids is 1. The van der Waals surface area contributed by atoms with Crippen molar-refractivity contribution >= 4 is 11.6 Å². The maximum absolute atomic E-state index is 11.7. The molecule has 0 heterocycles. The van der Waals surface area contributed by atoms with Gasteiger partial charge in [0.05, 0.1) is 17.8 Å². The first-order chi connectivity index (χ1) is 8.06. The summed E-state index contributed by atoms with van der Waals surface area (Å²) in [5.41, 5.74) is 1.24. The van der Waals surface area contributed by atoms with Gasteiger partial charge in [0.2, 0.25) is 5.91 Å². The first-order valence-corrected chi connectivity index (χ1v) is 5.55. The van der Waals surface area contributed by atoms with Crippen LogP contribution in [0.2, 0.25) is 0 Å². The molecule has 0 atom stereocenters. The Balaban J connectivity index is 2.62. The van der Waals surface area contributed by atoms with Gasteiger partial charge in [-0.1, -0.05) is 12.1 Å². The molecule has 0 aliphatic heterocycles. The molecule has 0 saturated carbocycles. The Kier molecular flexibility index (Phi) is 4.53. The van der Waals surface area contributed by atoms with Gasteiger partial charge in [-0.15, -0.1) is 0 Å². The van der Waals surface area contributed by atoms with E-state index >= 15 is 0 Å². The molecule has 1 aromatic rings. The second-order valence-electron chi connectivity index (χ2n) is 4.11. The lowest BCUT2D eigenvalue weighted by atomic mass is 10.2. The number of nitriles is 1. The third-order valence-electron chi connectivity index (χ3n) is 2.65. The fourth-order valence-electron chi connectivity index (χ4n) is 1.32. The van der Waals surface area contributed by atoms with Gasteiger partial charge in [0.15, 0.2) is 0 Å². The summed E-state index contributed by atoms with van der Waals surface area (Å²) in [5, 5.41) is 11.9. The van der Waals surface area contributed by atoms with Crippen LogP contribution in [0.25, 0.3) is 0 Å². The number of amides is 1. The van der Waals surface area contributed by atoms with E-state index in [0.717, 1.165) is 0 Å². The van der Waals surface area contributed by atoms with Crippen molar-refractivity contribution in [3.05, 3.63) is 29.8 Å². The van der Waals surface area contributed by atoms with Crippen LogP contribution in [0.5, 0.6) is 0 Å². The molecule has 0 fully saturated rings. The number of carbonyl (C=O) groups is 1. The monoisotopic (exact) mass is 231 g/mol. The van der Waals surface area contributed by atoms with Crippen LogP contribution in [0.15, 0.2) is 24.3 Å². The van der Waals surface area contributed by atoms with E-state index in [1.807, 2.05) is 19.9 Å².